The van der Waals surface area contributed by atoms with E-state index in [0.717, 1.165) is 24.1 Å². The van der Waals surface area contributed by atoms with Crippen LogP contribution in [0.25, 0.3) is 0 Å². The molecule has 0 saturated heterocycles. The molecule has 0 heterocycles. The van der Waals surface area contributed by atoms with Gasteiger partial charge in [0.25, 0.3) is 0 Å². The van der Waals surface area contributed by atoms with Crippen LogP contribution < -0.4 is 10.5 Å². The highest BCUT2D eigenvalue weighted by Crippen LogP contribution is 2.21. The maximum absolute atomic E-state index is 12.3. The second-order valence-corrected chi connectivity index (χ2v) is 7.28. The molecular formula is C14H25N3O2S. The van der Waals surface area contributed by atoms with E-state index >= 15 is 0 Å². The second-order valence-electron chi connectivity index (χ2n) is 5.57. The average Bonchev–Trinajstić information content (AvgIpc) is 2.32. The van der Waals surface area contributed by atoms with Gasteiger partial charge in [0.1, 0.15) is 0 Å². The van der Waals surface area contributed by atoms with Gasteiger partial charge in [-0.1, -0.05) is 0 Å². The van der Waals surface area contributed by atoms with Gasteiger partial charge in [0.05, 0.1) is 4.90 Å². The minimum absolute atomic E-state index is 0.120. The van der Waals surface area contributed by atoms with Gasteiger partial charge in [-0.15, -0.1) is 0 Å². The van der Waals surface area contributed by atoms with Crippen LogP contribution in [-0.2, 0) is 10.0 Å². The molecule has 0 aliphatic heterocycles. The van der Waals surface area contributed by atoms with E-state index in [1.807, 2.05) is 39.8 Å². The predicted octanol–water partition coefficient (Wildman–Crippen LogP) is 1.50. The van der Waals surface area contributed by atoms with Crippen LogP contribution in [0.1, 0.15) is 24.5 Å². The molecule has 1 aromatic carbocycles. The number of benzene rings is 1. The van der Waals surface area contributed by atoms with E-state index < -0.39 is 10.0 Å². The van der Waals surface area contributed by atoms with E-state index in [4.69, 9.17) is 5.73 Å². The molecule has 0 spiro atoms. The van der Waals surface area contributed by atoms with Crippen LogP contribution in [0.15, 0.2) is 17.0 Å². The van der Waals surface area contributed by atoms with Crippen LogP contribution >= 0.6 is 0 Å². The molecule has 5 nitrogen and oxygen atoms in total. The Kier molecular flexibility index (Phi) is 5.56. The largest absolute Gasteiger partial charge is 0.398 e. The third-order valence-corrected chi connectivity index (χ3v) is 4.93. The zero-order valence-corrected chi connectivity index (χ0v) is 13.7. The summed E-state index contributed by atoms with van der Waals surface area (Å²) in [5.74, 6) is 0. The molecule has 0 radical (unpaired) electrons. The van der Waals surface area contributed by atoms with Gasteiger partial charge in [-0.05, 0) is 71.1 Å². The predicted molar refractivity (Wildman–Crippen MR) is 83.3 cm³/mol. The minimum atomic E-state index is -3.52. The lowest BCUT2D eigenvalue weighted by Crippen LogP contribution is -2.34. The summed E-state index contributed by atoms with van der Waals surface area (Å²) < 4.78 is 27.3. The third-order valence-electron chi connectivity index (χ3n) is 3.36. The van der Waals surface area contributed by atoms with Crippen molar-refractivity contribution in [2.75, 3.05) is 26.4 Å². The molecule has 114 valence electrons. The Morgan fingerprint density at radius 1 is 1.30 bits per heavy atom. The summed E-state index contributed by atoms with van der Waals surface area (Å²) in [6.45, 7) is 6.44. The summed E-state index contributed by atoms with van der Waals surface area (Å²) in [5, 5.41) is 0. The Morgan fingerprint density at radius 3 is 2.40 bits per heavy atom. The van der Waals surface area contributed by atoms with E-state index in [1.54, 1.807) is 6.07 Å². The van der Waals surface area contributed by atoms with Crippen molar-refractivity contribution in [3.8, 4) is 0 Å². The number of aryl methyl sites for hydroxylation is 1. The van der Waals surface area contributed by atoms with Crippen LogP contribution in [0, 0.1) is 13.8 Å². The van der Waals surface area contributed by atoms with Gasteiger partial charge in [0.15, 0.2) is 0 Å². The van der Waals surface area contributed by atoms with Crippen molar-refractivity contribution < 1.29 is 8.42 Å². The molecule has 6 heteroatoms. The Bertz CT molecular complexity index is 545. The Labute approximate surface area is 122 Å². The first-order chi connectivity index (χ1) is 9.13. The van der Waals surface area contributed by atoms with Gasteiger partial charge in [0, 0.05) is 11.7 Å². The first-order valence-corrected chi connectivity index (χ1v) is 8.15. The maximum atomic E-state index is 12.3. The number of nitrogen functional groups attached to an aromatic ring is 1. The highest BCUT2D eigenvalue weighted by molar-refractivity contribution is 7.89. The molecule has 0 bridgehead atoms. The van der Waals surface area contributed by atoms with Crippen LogP contribution in [0.3, 0.4) is 0 Å². The van der Waals surface area contributed by atoms with Crippen molar-refractivity contribution in [3.63, 3.8) is 0 Å². The SMILES string of the molecule is Cc1cc(S(=O)(=O)NC(C)CCN(C)C)cc(N)c1C. The Morgan fingerprint density at radius 2 is 1.90 bits per heavy atom. The van der Waals surface area contributed by atoms with E-state index in [1.165, 1.54) is 6.07 Å². The van der Waals surface area contributed by atoms with Crippen LogP contribution in [-0.4, -0.2) is 40.0 Å². The monoisotopic (exact) mass is 299 g/mol. The Balaban J connectivity index is 2.89. The summed E-state index contributed by atoms with van der Waals surface area (Å²) in [4.78, 5) is 2.26. The number of nitrogens with zero attached hydrogens (tertiary/aromatic N) is 1. The van der Waals surface area contributed by atoms with Gasteiger partial charge in [-0.25, -0.2) is 13.1 Å². The second kappa shape index (κ2) is 6.56. The highest BCUT2D eigenvalue weighted by Gasteiger charge is 2.19. The molecule has 0 aliphatic rings. The quantitative estimate of drug-likeness (QED) is 0.781. The standard InChI is InChI=1S/C14H25N3O2S/c1-10-8-13(9-14(15)12(10)3)20(18,19)16-11(2)6-7-17(4)5/h8-9,11,16H,6-7,15H2,1-5H3. The lowest BCUT2D eigenvalue weighted by molar-refractivity contribution is 0.379. The van der Waals surface area contributed by atoms with Crippen molar-refractivity contribution in [2.24, 2.45) is 0 Å². The first-order valence-electron chi connectivity index (χ1n) is 6.67. The summed E-state index contributed by atoms with van der Waals surface area (Å²) in [5.41, 5.74) is 8.16. The molecule has 0 amide bonds. The zero-order chi connectivity index (χ0) is 15.5. The lowest BCUT2D eigenvalue weighted by Gasteiger charge is -2.17. The molecular weight excluding hydrogens is 274 g/mol. The third kappa shape index (κ3) is 4.47. The molecule has 1 aromatic rings. The van der Waals surface area contributed by atoms with E-state index in [-0.39, 0.29) is 10.9 Å². The van der Waals surface area contributed by atoms with Gasteiger partial charge < -0.3 is 10.6 Å². The van der Waals surface area contributed by atoms with Crippen LogP contribution in [0.2, 0.25) is 0 Å². The molecule has 1 atom stereocenters. The van der Waals surface area contributed by atoms with E-state index in [2.05, 4.69) is 4.72 Å². The number of hydrogen-bond donors (Lipinski definition) is 2. The minimum Gasteiger partial charge on any atom is -0.398 e. The Hall–Kier alpha value is -1.11. The fourth-order valence-corrected chi connectivity index (χ4v) is 3.25. The average molecular weight is 299 g/mol. The van der Waals surface area contributed by atoms with E-state index in [0.29, 0.717) is 5.69 Å². The van der Waals surface area contributed by atoms with E-state index in [9.17, 15) is 8.42 Å². The van der Waals surface area contributed by atoms with Crippen LogP contribution in [0.4, 0.5) is 5.69 Å². The maximum Gasteiger partial charge on any atom is 0.240 e. The molecule has 1 unspecified atom stereocenters. The van der Waals surface area contributed by atoms with Gasteiger partial charge in [-0.2, -0.15) is 0 Å². The normalized spacial score (nSPS) is 13.7. The van der Waals surface area contributed by atoms with Gasteiger partial charge in [-0.3, -0.25) is 0 Å². The highest BCUT2D eigenvalue weighted by atomic mass is 32.2. The lowest BCUT2D eigenvalue weighted by atomic mass is 10.1. The van der Waals surface area contributed by atoms with Crippen molar-refractivity contribution in [1.29, 1.82) is 0 Å². The fraction of sp³-hybridized carbons (Fsp3) is 0.571. The van der Waals surface area contributed by atoms with Crippen molar-refractivity contribution in [1.82, 2.24) is 9.62 Å². The summed E-state index contributed by atoms with van der Waals surface area (Å²) in [6, 6.07) is 3.06. The number of hydrogen-bond acceptors (Lipinski definition) is 4. The molecule has 3 N–H and O–H groups in total. The number of sulfonamides is 1. The van der Waals surface area contributed by atoms with Crippen molar-refractivity contribution in [2.45, 2.75) is 38.1 Å². The van der Waals surface area contributed by atoms with Gasteiger partial charge in [0.2, 0.25) is 10.0 Å². The number of rotatable bonds is 6. The molecule has 0 fully saturated rings. The number of nitrogens with two attached hydrogens (primary N) is 1. The molecule has 0 aliphatic carbocycles. The van der Waals surface area contributed by atoms with Gasteiger partial charge >= 0.3 is 0 Å². The molecule has 1 rings (SSSR count). The number of nitrogens with one attached hydrogen (secondary N) is 1. The van der Waals surface area contributed by atoms with Crippen molar-refractivity contribution in [3.05, 3.63) is 23.3 Å². The summed E-state index contributed by atoms with van der Waals surface area (Å²) >= 11 is 0. The van der Waals surface area contributed by atoms with Crippen LogP contribution in [0.5, 0.6) is 0 Å². The molecule has 0 aromatic heterocycles. The topological polar surface area (TPSA) is 75.4 Å². The van der Waals surface area contributed by atoms with Crippen molar-refractivity contribution >= 4 is 15.7 Å². The summed E-state index contributed by atoms with van der Waals surface area (Å²) in [7, 11) is 0.409. The fourth-order valence-electron chi connectivity index (χ4n) is 1.85. The zero-order valence-electron chi connectivity index (χ0n) is 12.9. The molecule has 20 heavy (non-hydrogen) atoms. The smallest absolute Gasteiger partial charge is 0.240 e. The first kappa shape index (κ1) is 16.9. The number of anilines is 1. The summed E-state index contributed by atoms with van der Waals surface area (Å²) in [6.07, 6.45) is 0.757. The molecule has 0 saturated carbocycles.